The second-order valence-electron chi connectivity index (χ2n) is 8.12. The summed E-state index contributed by atoms with van der Waals surface area (Å²) in [5, 5.41) is 0. The molecule has 1 fully saturated rings. The summed E-state index contributed by atoms with van der Waals surface area (Å²) in [4.78, 5) is 0. The summed E-state index contributed by atoms with van der Waals surface area (Å²) in [5.41, 5.74) is 1.18. The van der Waals surface area contributed by atoms with E-state index in [1.54, 1.807) is 7.11 Å². The first-order valence-corrected chi connectivity index (χ1v) is 12.2. The van der Waals surface area contributed by atoms with Crippen molar-refractivity contribution in [1.29, 1.82) is 0 Å². The molecule has 0 radical (unpaired) electrons. The number of hydrogen-bond acceptors (Lipinski definition) is 3. The lowest BCUT2D eigenvalue weighted by atomic mass is 9.60. The molecule has 1 atom stereocenters. The third-order valence-corrected chi connectivity index (χ3v) is 5.88. The second kappa shape index (κ2) is 6.06. The van der Waals surface area contributed by atoms with Gasteiger partial charge in [0.05, 0.1) is 5.41 Å². The van der Waals surface area contributed by atoms with E-state index < -0.39 is 25.3 Å². The molecule has 0 aliphatic carbocycles. The molecule has 1 aliphatic heterocycles. The Bertz CT molecular complexity index is 682. The van der Waals surface area contributed by atoms with Crippen LogP contribution in [-0.2, 0) is 19.5 Å². The van der Waals surface area contributed by atoms with Crippen molar-refractivity contribution in [3.8, 4) is 0 Å². The van der Waals surface area contributed by atoms with Gasteiger partial charge in [0.25, 0.3) is 5.97 Å². The van der Waals surface area contributed by atoms with Gasteiger partial charge in [-0.25, -0.2) is 0 Å². The van der Waals surface area contributed by atoms with E-state index in [0.717, 1.165) is 11.1 Å². The Morgan fingerprint density at radius 2 is 1.24 bits per heavy atom. The largest absolute Gasteiger partial charge is 0.369 e. The Hall–Kier alpha value is -1.46. The molecule has 1 unspecified atom stereocenters. The molecule has 0 spiro atoms. The lowest BCUT2D eigenvalue weighted by molar-refractivity contribution is -0.526. The summed E-state index contributed by atoms with van der Waals surface area (Å²) in [6.07, 6.45) is 0. The van der Waals surface area contributed by atoms with Gasteiger partial charge in [-0.3, -0.25) is 0 Å². The van der Waals surface area contributed by atoms with Crippen LogP contribution in [0.5, 0.6) is 0 Å². The van der Waals surface area contributed by atoms with Crippen LogP contribution >= 0.6 is 0 Å². The molecule has 25 heavy (non-hydrogen) atoms. The molecule has 1 heterocycles. The van der Waals surface area contributed by atoms with E-state index in [-0.39, 0.29) is 0 Å². The first-order valence-electron chi connectivity index (χ1n) is 8.75. The van der Waals surface area contributed by atoms with Gasteiger partial charge in [-0.2, -0.15) is 0 Å². The SMILES string of the molecule is COC1(O[Si](C)(C)C)OC(c2ccccc2)(c2ccccc2)C1(C)C. The number of benzene rings is 2. The van der Waals surface area contributed by atoms with Crippen molar-refractivity contribution in [1.82, 2.24) is 0 Å². The zero-order valence-corrected chi connectivity index (χ0v) is 17.0. The maximum Gasteiger partial charge on any atom is 0.283 e. The third kappa shape index (κ3) is 2.68. The number of ether oxygens (including phenoxy) is 2. The molecule has 0 bridgehead atoms. The fourth-order valence-corrected chi connectivity index (χ4v) is 5.05. The van der Waals surface area contributed by atoms with Crippen LogP contribution in [0.1, 0.15) is 25.0 Å². The lowest BCUT2D eigenvalue weighted by Gasteiger charge is -2.67. The monoisotopic (exact) mass is 356 g/mol. The molecule has 3 rings (SSSR count). The molecule has 2 aromatic rings. The van der Waals surface area contributed by atoms with E-state index in [1.807, 2.05) is 36.4 Å². The molecule has 1 saturated heterocycles. The Morgan fingerprint density at radius 1 is 0.800 bits per heavy atom. The van der Waals surface area contributed by atoms with Crippen LogP contribution < -0.4 is 0 Å². The van der Waals surface area contributed by atoms with Gasteiger partial charge < -0.3 is 13.9 Å². The number of rotatable bonds is 5. The highest BCUT2D eigenvalue weighted by Gasteiger charge is 2.75. The first kappa shape index (κ1) is 18.3. The predicted molar refractivity (Wildman–Crippen MR) is 103 cm³/mol. The first-order chi connectivity index (χ1) is 11.7. The zero-order chi connectivity index (χ0) is 18.3. The highest BCUT2D eigenvalue weighted by Crippen LogP contribution is 2.66. The molecule has 4 heteroatoms. The van der Waals surface area contributed by atoms with Crippen LogP contribution in [0.15, 0.2) is 60.7 Å². The Kier molecular flexibility index (Phi) is 4.44. The smallest absolute Gasteiger partial charge is 0.283 e. The van der Waals surface area contributed by atoms with Crippen molar-refractivity contribution in [2.24, 2.45) is 5.41 Å². The van der Waals surface area contributed by atoms with E-state index in [2.05, 4.69) is 57.8 Å². The van der Waals surface area contributed by atoms with Gasteiger partial charge in [0.15, 0.2) is 8.32 Å². The highest BCUT2D eigenvalue weighted by atomic mass is 28.4. The average Bonchev–Trinajstić information content (AvgIpc) is 2.58. The molecule has 3 nitrogen and oxygen atoms in total. The van der Waals surface area contributed by atoms with Gasteiger partial charge in [0, 0.05) is 7.11 Å². The van der Waals surface area contributed by atoms with Crippen LogP contribution in [0.2, 0.25) is 19.6 Å². The van der Waals surface area contributed by atoms with Crippen molar-refractivity contribution in [2.75, 3.05) is 7.11 Å². The fourth-order valence-electron chi connectivity index (χ4n) is 3.87. The van der Waals surface area contributed by atoms with Gasteiger partial charge >= 0.3 is 0 Å². The van der Waals surface area contributed by atoms with E-state index in [4.69, 9.17) is 13.9 Å². The minimum absolute atomic E-state index is 0.419. The summed E-state index contributed by atoms with van der Waals surface area (Å²) in [5.74, 6) is -1.05. The van der Waals surface area contributed by atoms with Gasteiger partial charge in [-0.1, -0.05) is 60.7 Å². The average molecular weight is 357 g/mol. The van der Waals surface area contributed by atoms with Crippen LogP contribution in [0, 0.1) is 5.41 Å². The van der Waals surface area contributed by atoms with Crippen molar-refractivity contribution in [3.05, 3.63) is 71.8 Å². The molecule has 2 aromatic carbocycles. The molecule has 0 N–H and O–H groups in total. The second-order valence-corrected chi connectivity index (χ2v) is 12.5. The van der Waals surface area contributed by atoms with Crippen molar-refractivity contribution < 1.29 is 13.9 Å². The van der Waals surface area contributed by atoms with Crippen LogP contribution in [-0.4, -0.2) is 21.4 Å². The van der Waals surface area contributed by atoms with Crippen LogP contribution in [0.4, 0.5) is 0 Å². The minimum atomic E-state index is -1.89. The molecular weight excluding hydrogens is 328 g/mol. The summed E-state index contributed by atoms with van der Waals surface area (Å²) in [6.45, 7) is 10.8. The summed E-state index contributed by atoms with van der Waals surface area (Å²) >= 11 is 0. The molecule has 0 amide bonds. The Morgan fingerprint density at radius 3 is 1.56 bits per heavy atom. The predicted octanol–water partition coefficient (Wildman–Crippen LogP) is 5.14. The fraction of sp³-hybridized carbons (Fsp3) is 0.429. The highest BCUT2D eigenvalue weighted by molar-refractivity contribution is 6.69. The van der Waals surface area contributed by atoms with Gasteiger partial charge in [0.2, 0.25) is 0 Å². The van der Waals surface area contributed by atoms with Crippen molar-refractivity contribution in [3.63, 3.8) is 0 Å². The maximum atomic E-state index is 6.62. The van der Waals surface area contributed by atoms with E-state index in [9.17, 15) is 0 Å². The molecule has 1 aliphatic rings. The van der Waals surface area contributed by atoms with Crippen LogP contribution in [0.3, 0.4) is 0 Å². The van der Waals surface area contributed by atoms with Crippen molar-refractivity contribution in [2.45, 2.75) is 45.1 Å². The zero-order valence-electron chi connectivity index (χ0n) is 16.0. The van der Waals surface area contributed by atoms with Gasteiger partial charge in [0.1, 0.15) is 5.60 Å². The van der Waals surface area contributed by atoms with Gasteiger partial charge in [-0.15, -0.1) is 0 Å². The molecule has 134 valence electrons. The Labute approximate surface area is 152 Å². The summed E-state index contributed by atoms with van der Waals surface area (Å²) in [6, 6.07) is 20.7. The molecule has 0 aromatic heterocycles. The van der Waals surface area contributed by atoms with Crippen LogP contribution in [0.25, 0.3) is 0 Å². The third-order valence-electron chi connectivity index (χ3n) is 5.00. The molecule has 0 saturated carbocycles. The summed E-state index contributed by atoms with van der Waals surface area (Å²) < 4.78 is 18.9. The van der Waals surface area contributed by atoms with E-state index >= 15 is 0 Å². The van der Waals surface area contributed by atoms with Crippen molar-refractivity contribution >= 4 is 8.32 Å². The standard InChI is InChI=1S/C21H28O3Si/c1-19(2)20(17-13-9-7-10-14-17,18-15-11-8-12-16-18)23-21(19,22-3)24-25(4,5)6/h7-16H,1-6H3. The normalized spacial score (nSPS) is 24.6. The molecular formula is C21H28O3Si. The minimum Gasteiger partial charge on any atom is -0.369 e. The van der Waals surface area contributed by atoms with E-state index in [1.165, 1.54) is 0 Å². The maximum absolute atomic E-state index is 6.62. The van der Waals surface area contributed by atoms with Gasteiger partial charge in [-0.05, 0) is 44.6 Å². The lowest BCUT2D eigenvalue weighted by Crippen LogP contribution is -2.76. The van der Waals surface area contributed by atoms with E-state index in [0.29, 0.717) is 0 Å². The summed E-state index contributed by atoms with van der Waals surface area (Å²) in [7, 11) is -0.218. The Balaban J connectivity index is 2.16. The topological polar surface area (TPSA) is 27.7 Å². The number of methoxy groups -OCH3 is 1. The quantitative estimate of drug-likeness (QED) is 0.548. The number of hydrogen-bond donors (Lipinski definition) is 0.